The molecule has 2 aliphatic rings. The van der Waals surface area contributed by atoms with Gasteiger partial charge in [0.1, 0.15) is 12.4 Å². The molecular weight excluding hydrogens is 459 g/mol. The van der Waals surface area contributed by atoms with Crippen LogP contribution >= 0.6 is 24.0 Å². The van der Waals surface area contributed by atoms with E-state index in [4.69, 9.17) is 14.5 Å². The Morgan fingerprint density at radius 3 is 2.96 bits per heavy atom. The normalized spacial score (nSPS) is 19.7. The zero-order valence-electron chi connectivity index (χ0n) is 16.5. The van der Waals surface area contributed by atoms with Crippen molar-refractivity contribution in [1.82, 2.24) is 25.0 Å². The highest BCUT2D eigenvalue weighted by Crippen LogP contribution is 2.18. The van der Waals surface area contributed by atoms with Crippen LogP contribution in [0.1, 0.15) is 37.8 Å². The van der Waals surface area contributed by atoms with Crippen LogP contribution in [0.25, 0.3) is 0 Å². The first-order chi connectivity index (χ1) is 12.8. The predicted molar refractivity (Wildman–Crippen MR) is 116 cm³/mol. The van der Waals surface area contributed by atoms with Gasteiger partial charge in [0.05, 0.1) is 19.8 Å². The van der Waals surface area contributed by atoms with E-state index in [2.05, 4.69) is 31.9 Å². The summed E-state index contributed by atoms with van der Waals surface area (Å²) in [5, 5.41) is 12.1. The van der Waals surface area contributed by atoms with E-state index in [9.17, 15) is 0 Å². The number of methoxy groups -OCH3 is 1. The maximum Gasteiger partial charge on any atom is 0.194 e. The standard InChI is InChI=1S/C18H32N6O2.HI/c1-3-19-18(23-9-7-15(13-23)14-26-11-10-25-2)20-12-17-22-21-16-6-4-5-8-24(16)17;/h15H,3-14H2,1-2H3,(H,19,20);1H. The van der Waals surface area contributed by atoms with Crippen LogP contribution in [0.4, 0.5) is 0 Å². The van der Waals surface area contributed by atoms with Gasteiger partial charge in [0.2, 0.25) is 0 Å². The van der Waals surface area contributed by atoms with Crippen LogP contribution < -0.4 is 5.32 Å². The van der Waals surface area contributed by atoms with Crippen molar-refractivity contribution >= 4 is 29.9 Å². The second-order valence-corrected chi connectivity index (χ2v) is 6.98. The van der Waals surface area contributed by atoms with E-state index in [1.807, 2.05) is 0 Å². The highest BCUT2D eigenvalue weighted by molar-refractivity contribution is 14.0. The van der Waals surface area contributed by atoms with Gasteiger partial charge in [0.25, 0.3) is 0 Å². The molecule has 9 heteroatoms. The van der Waals surface area contributed by atoms with E-state index in [0.717, 1.165) is 63.2 Å². The van der Waals surface area contributed by atoms with Crippen molar-refractivity contribution in [3.8, 4) is 0 Å². The molecule has 0 amide bonds. The van der Waals surface area contributed by atoms with Gasteiger partial charge in [0.15, 0.2) is 11.8 Å². The number of ether oxygens (including phenoxy) is 2. The molecule has 1 fully saturated rings. The Hall–Kier alpha value is -0.940. The second-order valence-electron chi connectivity index (χ2n) is 6.98. The van der Waals surface area contributed by atoms with Crippen molar-refractivity contribution in [3.63, 3.8) is 0 Å². The number of hydrogen-bond donors (Lipinski definition) is 1. The third-order valence-corrected chi connectivity index (χ3v) is 5.01. The van der Waals surface area contributed by atoms with E-state index in [-0.39, 0.29) is 24.0 Å². The molecule has 8 nitrogen and oxygen atoms in total. The minimum Gasteiger partial charge on any atom is -0.382 e. The third kappa shape index (κ3) is 6.28. The van der Waals surface area contributed by atoms with Crippen LogP contribution in [-0.2, 0) is 29.0 Å². The zero-order chi connectivity index (χ0) is 18.2. The highest BCUT2D eigenvalue weighted by Gasteiger charge is 2.25. The van der Waals surface area contributed by atoms with Crippen LogP contribution in [0.3, 0.4) is 0 Å². The van der Waals surface area contributed by atoms with Crippen LogP contribution in [-0.4, -0.2) is 72.2 Å². The van der Waals surface area contributed by atoms with Gasteiger partial charge >= 0.3 is 0 Å². The molecule has 0 spiro atoms. The van der Waals surface area contributed by atoms with E-state index >= 15 is 0 Å². The topological polar surface area (TPSA) is 76.8 Å². The Morgan fingerprint density at radius 1 is 1.26 bits per heavy atom. The number of fused-ring (bicyclic) bond motifs is 1. The molecule has 1 aromatic heterocycles. The third-order valence-electron chi connectivity index (χ3n) is 5.01. The summed E-state index contributed by atoms with van der Waals surface area (Å²) in [6, 6.07) is 0. The fraction of sp³-hybridized carbons (Fsp3) is 0.833. The summed E-state index contributed by atoms with van der Waals surface area (Å²) in [7, 11) is 1.70. The molecule has 0 aromatic carbocycles. The van der Waals surface area contributed by atoms with Crippen molar-refractivity contribution in [3.05, 3.63) is 11.6 Å². The molecule has 27 heavy (non-hydrogen) atoms. The van der Waals surface area contributed by atoms with E-state index in [1.165, 1.54) is 12.8 Å². The number of aliphatic imine (C=N–C) groups is 1. The van der Waals surface area contributed by atoms with Gasteiger partial charge in [-0.3, -0.25) is 0 Å². The Morgan fingerprint density at radius 2 is 2.15 bits per heavy atom. The molecule has 3 rings (SSSR count). The summed E-state index contributed by atoms with van der Waals surface area (Å²) in [6.45, 7) is 8.69. The van der Waals surface area contributed by atoms with Crippen molar-refractivity contribution in [2.24, 2.45) is 10.9 Å². The number of guanidine groups is 1. The zero-order valence-corrected chi connectivity index (χ0v) is 18.9. The lowest BCUT2D eigenvalue weighted by molar-refractivity contribution is 0.0536. The highest BCUT2D eigenvalue weighted by atomic mass is 127. The van der Waals surface area contributed by atoms with E-state index in [0.29, 0.717) is 25.7 Å². The molecule has 2 aliphatic heterocycles. The molecule has 0 saturated carbocycles. The number of aromatic nitrogens is 3. The van der Waals surface area contributed by atoms with E-state index < -0.39 is 0 Å². The quantitative estimate of drug-likeness (QED) is 0.258. The van der Waals surface area contributed by atoms with Gasteiger partial charge in [-0.2, -0.15) is 0 Å². The summed E-state index contributed by atoms with van der Waals surface area (Å²) in [6.07, 6.45) is 4.59. The van der Waals surface area contributed by atoms with Gasteiger partial charge in [-0.15, -0.1) is 34.2 Å². The number of hydrogen-bond acceptors (Lipinski definition) is 5. The summed E-state index contributed by atoms with van der Waals surface area (Å²) in [5.74, 6) is 3.62. The first-order valence-corrected chi connectivity index (χ1v) is 9.82. The average Bonchev–Trinajstić information content (AvgIpc) is 3.30. The molecular formula is C18H33IN6O2. The monoisotopic (exact) mass is 492 g/mol. The molecule has 154 valence electrons. The lowest BCUT2D eigenvalue weighted by Gasteiger charge is -2.22. The van der Waals surface area contributed by atoms with Gasteiger partial charge in [-0.1, -0.05) is 0 Å². The Balaban J connectivity index is 0.00000261. The van der Waals surface area contributed by atoms with Crippen molar-refractivity contribution in [2.75, 3.05) is 46.6 Å². The van der Waals surface area contributed by atoms with Crippen LogP contribution in [0.15, 0.2) is 4.99 Å². The Labute approximate surface area is 179 Å². The molecule has 0 radical (unpaired) electrons. The Kier molecular flexibility index (Phi) is 9.77. The maximum absolute atomic E-state index is 5.69. The second kappa shape index (κ2) is 11.8. The van der Waals surface area contributed by atoms with Gasteiger partial charge in [-0.05, 0) is 26.2 Å². The molecule has 1 unspecified atom stereocenters. The average molecular weight is 492 g/mol. The summed E-state index contributed by atoms with van der Waals surface area (Å²) < 4.78 is 13.0. The Bertz CT molecular complexity index is 594. The summed E-state index contributed by atoms with van der Waals surface area (Å²) in [4.78, 5) is 7.17. The van der Waals surface area contributed by atoms with Gasteiger partial charge < -0.3 is 24.3 Å². The molecule has 0 aliphatic carbocycles. The van der Waals surface area contributed by atoms with Crippen LogP contribution in [0.5, 0.6) is 0 Å². The largest absolute Gasteiger partial charge is 0.382 e. The lowest BCUT2D eigenvalue weighted by atomic mass is 10.1. The minimum absolute atomic E-state index is 0. The molecule has 1 N–H and O–H groups in total. The fourth-order valence-electron chi connectivity index (χ4n) is 3.61. The number of nitrogens with one attached hydrogen (secondary N) is 1. The SMILES string of the molecule is CCNC(=NCc1nnc2n1CCCC2)N1CCC(COCCOC)C1.I. The maximum atomic E-state index is 5.69. The van der Waals surface area contributed by atoms with Crippen molar-refractivity contribution < 1.29 is 9.47 Å². The number of aryl methyl sites for hydroxylation is 1. The fourth-order valence-corrected chi connectivity index (χ4v) is 3.61. The van der Waals surface area contributed by atoms with Crippen LogP contribution in [0.2, 0.25) is 0 Å². The molecule has 0 bridgehead atoms. The summed E-state index contributed by atoms with van der Waals surface area (Å²) in [5.41, 5.74) is 0. The van der Waals surface area contributed by atoms with Crippen molar-refractivity contribution in [1.29, 1.82) is 0 Å². The summed E-state index contributed by atoms with van der Waals surface area (Å²) >= 11 is 0. The number of likely N-dealkylation sites (tertiary alicyclic amines) is 1. The van der Waals surface area contributed by atoms with E-state index in [1.54, 1.807) is 7.11 Å². The van der Waals surface area contributed by atoms with Gasteiger partial charge in [-0.25, -0.2) is 4.99 Å². The molecule has 3 heterocycles. The lowest BCUT2D eigenvalue weighted by Crippen LogP contribution is -2.40. The minimum atomic E-state index is 0. The first kappa shape index (κ1) is 22.4. The molecule has 1 aromatic rings. The molecule has 1 atom stereocenters. The van der Waals surface area contributed by atoms with Crippen molar-refractivity contribution in [2.45, 2.75) is 45.7 Å². The number of nitrogens with zero attached hydrogens (tertiary/aromatic N) is 5. The smallest absolute Gasteiger partial charge is 0.194 e. The number of rotatable bonds is 8. The number of halogens is 1. The van der Waals surface area contributed by atoms with Crippen LogP contribution in [0, 0.1) is 5.92 Å². The first-order valence-electron chi connectivity index (χ1n) is 9.82. The predicted octanol–water partition coefficient (Wildman–Crippen LogP) is 1.68. The van der Waals surface area contributed by atoms with Gasteiger partial charge in [0, 0.05) is 45.6 Å². The molecule has 1 saturated heterocycles.